The first-order chi connectivity index (χ1) is 14.8. The van der Waals surface area contributed by atoms with E-state index in [9.17, 15) is 0 Å². The number of para-hydroxylation sites is 2. The van der Waals surface area contributed by atoms with E-state index >= 15 is 0 Å². The molecule has 2 aliphatic heterocycles. The second-order valence-corrected chi connectivity index (χ2v) is 7.95. The van der Waals surface area contributed by atoms with Gasteiger partial charge in [-0.15, -0.1) is 0 Å². The zero-order valence-corrected chi connectivity index (χ0v) is 17.4. The van der Waals surface area contributed by atoms with Gasteiger partial charge in [0.25, 0.3) is 0 Å². The monoisotopic (exact) mass is 404 g/mol. The van der Waals surface area contributed by atoms with Gasteiger partial charge >= 0.3 is 0 Å². The first-order valence-electron chi connectivity index (χ1n) is 10.7. The predicted octanol–water partition coefficient (Wildman–Crippen LogP) is 4.08. The van der Waals surface area contributed by atoms with Crippen LogP contribution in [0.3, 0.4) is 0 Å². The fraction of sp³-hybridized carbons (Fsp3) is 0.360. The van der Waals surface area contributed by atoms with E-state index in [1.807, 2.05) is 12.1 Å². The number of methoxy groups -OCH3 is 1. The van der Waals surface area contributed by atoms with E-state index < -0.39 is 0 Å². The van der Waals surface area contributed by atoms with E-state index in [0.717, 1.165) is 44.0 Å². The molecular weight excluding hydrogens is 376 g/mol. The number of rotatable bonds is 5. The van der Waals surface area contributed by atoms with E-state index in [1.54, 1.807) is 7.11 Å². The van der Waals surface area contributed by atoms with Gasteiger partial charge in [-0.2, -0.15) is 0 Å². The first kappa shape index (κ1) is 19.4. The highest BCUT2D eigenvalue weighted by molar-refractivity contribution is 5.85. The van der Waals surface area contributed by atoms with Crippen LogP contribution in [0, 0.1) is 0 Å². The third-order valence-corrected chi connectivity index (χ3v) is 6.09. The van der Waals surface area contributed by atoms with E-state index in [0.29, 0.717) is 6.61 Å². The molecule has 3 aromatic rings. The number of piperazine rings is 1. The molecular formula is C25H28N2O3. The SMILES string of the molecule is COc1ccccc1N1CCN(CC2CO[C@H](c3cccc4ccccc34)O2)CC1. The zero-order valence-electron chi connectivity index (χ0n) is 17.4. The van der Waals surface area contributed by atoms with Gasteiger partial charge < -0.3 is 19.1 Å². The third kappa shape index (κ3) is 3.88. The van der Waals surface area contributed by atoms with Crippen LogP contribution in [-0.2, 0) is 9.47 Å². The summed E-state index contributed by atoms with van der Waals surface area (Å²) in [6, 6.07) is 23.0. The Labute approximate surface area is 177 Å². The smallest absolute Gasteiger partial charge is 0.185 e. The fourth-order valence-corrected chi connectivity index (χ4v) is 4.51. The number of ether oxygens (including phenoxy) is 3. The highest BCUT2D eigenvalue weighted by Gasteiger charge is 2.31. The van der Waals surface area contributed by atoms with Gasteiger partial charge in [-0.3, -0.25) is 4.90 Å². The van der Waals surface area contributed by atoms with Crippen molar-refractivity contribution in [2.24, 2.45) is 0 Å². The molecule has 5 nitrogen and oxygen atoms in total. The molecule has 2 heterocycles. The maximum atomic E-state index is 6.31. The van der Waals surface area contributed by atoms with Gasteiger partial charge in [0.2, 0.25) is 0 Å². The van der Waals surface area contributed by atoms with Crippen LogP contribution in [0.5, 0.6) is 5.75 Å². The standard InChI is InChI=1S/C25H28N2O3/c1-28-24-12-5-4-11-23(24)27-15-13-26(14-16-27)17-20-18-29-25(30-20)22-10-6-8-19-7-2-3-9-21(19)22/h2-12,20,25H,13-18H2,1H3/t20?,25-/m0/s1. The average Bonchev–Trinajstić information content (AvgIpc) is 3.27. The van der Waals surface area contributed by atoms with Crippen LogP contribution in [0.25, 0.3) is 10.8 Å². The van der Waals surface area contributed by atoms with Gasteiger partial charge in [0.1, 0.15) is 5.75 Å². The van der Waals surface area contributed by atoms with Crippen molar-refractivity contribution >= 4 is 16.5 Å². The topological polar surface area (TPSA) is 34.2 Å². The Morgan fingerprint density at radius 2 is 1.67 bits per heavy atom. The molecule has 3 aromatic carbocycles. The van der Waals surface area contributed by atoms with Crippen LogP contribution in [0.4, 0.5) is 5.69 Å². The molecule has 2 aliphatic rings. The normalized spacial score (nSPS) is 22.5. The fourth-order valence-electron chi connectivity index (χ4n) is 4.51. The molecule has 0 aromatic heterocycles. The average molecular weight is 405 g/mol. The Kier molecular flexibility index (Phi) is 5.58. The second-order valence-electron chi connectivity index (χ2n) is 7.95. The summed E-state index contributed by atoms with van der Waals surface area (Å²) in [6.07, 6.45) is -0.178. The van der Waals surface area contributed by atoms with Crippen molar-refractivity contribution in [1.29, 1.82) is 0 Å². The maximum absolute atomic E-state index is 6.31. The Hall–Kier alpha value is -2.60. The maximum Gasteiger partial charge on any atom is 0.185 e. The quantitative estimate of drug-likeness (QED) is 0.640. The summed E-state index contributed by atoms with van der Waals surface area (Å²) >= 11 is 0. The highest BCUT2D eigenvalue weighted by atomic mass is 16.7. The molecule has 0 aliphatic carbocycles. The lowest BCUT2D eigenvalue weighted by atomic mass is 10.0. The Balaban J connectivity index is 1.18. The Morgan fingerprint density at radius 1 is 0.900 bits per heavy atom. The summed E-state index contributed by atoms with van der Waals surface area (Å²) in [5, 5.41) is 2.43. The Bertz CT molecular complexity index is 995. The van der Waals surface area contributed by atoms with Crippen molar-refractivity contribution in [3.05, 3.63) is 72.3 Å². The van der Waals surface area contributed by atoms with Crippen molar-refractivity contribution < 1.29 is 14.2 Å². The molecule has 5 heteroatoms. The molecule has 2 saturated heterocycles. The molecule has 2 atom stereocenters. The molecule has 2 fully saturated rings. The van der Waals surface area contributed by atoms with Gasteiger partial charge in [0.05, 0.1) is 25.5 Å². The number of hydrogen-bond donors (Lipinski definition) is 0. The van der Waals surface area contributed by atoms with Gasteiger partial charge in [0.15, 0.2) is 6.29 Å². The van der Waals surface area contributed by atoms with Crippen LogP contribution >= 0.6 is 0 Å². The molecule has 0 spiro atoms. The van der Waals surface area contributed by atoms with Crippen LogP contribution in [0.1, 0.15) is 11.9 Å². The zero-order chi connectivity index (χ0) is 20.3. The van der Waals surface area contributed by atoms with Crippen molar-refractivity contribution in [3.8, 4) is 5.75 Å². The molecule has 0 amide bonds. The van der Waals surface area contributed by atoms with Crippen LogP contribution < -0.4 is 9.64 Å². The second kappa shape index (κ2) is 8.64. The molecule has 30 heavy (non-hydrogen) atoms. The minimum absolute atomic E-state index is 0.103. The summed E-state index contributed by atoms with van der Waals surface area (Å²) in [6.45, 7) is 5.54. The lowest BCUT2D eigenvalue weighted by Gasteiger charge is -2.37. The number of nitrogens with zero attached hydrogens (tertiary/aromatic N) is 2. The number of benzene rings is 3. The van der Waals surface area contributed by atoms with Gasteiger partial charge in [0, 0.05) is 38.3 Å². The molecule has 0 bridgehead atoms. The number of anilines is 1. The van der Waals surface area contributed by atoms with Crippen LogP contribution in [0.2, 0.25) is 0 Å². The molecule has 0 radical (unpaired) electrons. The van der Waals surface area contributed by atoms with Gasteiger partial charge in [-0.25, -0.2) is 0 Å². The summed E-state index contributed by atoms with van der Waals surface area (Å²) in [7, 11) is 1.73. The summed E-state index contributed by atoms with van der Waals surface area (Å²) < 4.78 is 17.9. The summed E-state index contributed by atoms with van der Waals surface area (Å²) in [5.74, 6) is 0.941. The van der Waals surface area contributed by atoms with E-state index in [2.05, 4.69) is 64.4 Å². The minimum Gasteiger partial charge on any atom is -0.495 e. The lowest BCUT2D eigenvalue weighted by Crippen LogP contribution is -2.49. The van der Waals surface area contributed by atoms with Crippen molar-refractivity contribution in [2.75, 3.05) is 51.3 Å². The minimum atomic E-state index is -0.282. The highest BCUT2D eigenvalue weighted by Crippen LogP contribution is 2.33. The largest absolute Gasteiger partial charge is 0.495 e. The molecule has 0 N–H and O–H groups in total. The molecule has 156 valence electrons. The van der Waals surface area contributed by atoms with Gasteiger partial charge in [-0.1, -0.05) is 54.6 Å². The van der Waals surface area contributed by atoms with Crippen molar-refractivity contribution in [3.63, 3.8) is 0 Å². The van der Waals surface area contributed by atoms with E-state index in [4.69, 9.17) is 14.2 Å². The molecule has 0 saturated carbocycles. The number of hydrogen-bond acceptors (Lipinski definition) is 5. The van der Waals surface area contributed by atoms with Gasteiger partial charge in [-0.05, 0) is 22.9 Å². The number of fused-ring (bicyclic) bond motifs is 1. The van der Waals surface area contributed by atoms with Crippen LogP contribution in [-0.4, -0.2) is 57.4 Å². The predicted molar refractivity (Wildman–Crippen MR) is 119 cm³/mol. The molecule has 5 rings (SSSR count). The summed E-state index contributed by atoms with van der Waals surface area (Å²) in [4.78, 5) is 4.88. The van der Waals surface area contributed by atoms with E-state index in [1.165, 1.54) is 16.5 Å². The van der Waals surface area contributed by atoms with Crippen molar-refractivity contribution in [2.45, 2.75) is 12.4 Å². The summed E-state index contributed by atoms with van der Waals surface area (Å²) in [5.41, 5.74) is 2.30. The van der Waals surface area contributed by atoms with Crippen LogP contribution in [0.15, 0.2) is 66.7 Å². The lowest BCUT2D eigenvalue weighted by molar-refractivity contribution is -0.0634. The van der Waals surface area contributed by atoms with E-state index in [-0.39, 0.29) is 12.4 Å². The first-order valence-corrected chi connectivity index (χ1v) is 10.7. The Morgan fingerprint density at radius 3 is 2.53 bits per heavy atom. The van der Waals surface area contributed by atoms with Crippen molar-refractivity contribution in [1.82, 2.24) is 4.90 Å². The third-order valence-electron chi connectivity index (χ3n) is 6.09. The molecule has 1 unspecified atom stereocenters.